The second kappa shape index (κ2) is 2.70. The monoisotopic (exact) mass is 213 g/mol. The quantitative estimate of drug-likeness (QED) is 0.596. The molecule has 0 fully saturated rings. The maximum Gasteiger partial charge on any atom is 0.209 e. The highest BCUT2D eigenvalue weighted by Gasteiger charge is 2.16. The van der Waals surface area contributed by atoms with Gasteiger partial charge in [-0.2, -0.15) is 5.26 Å². The number of benzene rings is 1. The summed E-state index contributed by atoms with van der Waals surface area (Å²) in [6.07, 6.45) is 0. The fourth-order valence-corrected chi connectivity index (χ4v) is 1.86. The van der Waals surface area contributed by atoms with E-state index in [0.29, 0.717) is 28.0 Å². The molecule has 5 heteroatoms. The van der Waals surface area contributed by atoms with Crippen LogP contribution in [-0.2, 0) is 0 Å². The van der Waals surface area contributed by atoms with E-state index in [4.69, 9.17) is 25.6 Å². The van der Waals surface area contributed by atoms with Gasteiger partial charge in [-0.1, -0.05) is 0 Å². The first-order valence-electron chi connectivity index (χ1n) is 4.61. The van der Waals surface area contributed by atoms with Crippen molar-refractivity contribution in [2.45, 2.75) is 0 Å². The highest BCUT2D eigenvalue weighted by Crippen LogP contribution is 2.35. The van der Waals surface area contributed by atoms with Crippen molar-refractivity contribution in [1.29, 1.82) is 5.26 Å². The minimum Gasteiger partial charge on any atom is -0.441 e. The standard InChI is InChI=1S/C11H7N3O2/c12-4-6-10-5-3-9(13)15-7(5)1-2-8(10)16-11(6)14/h1-3H,13-14H2. The van der Waals surface area contributed by atoms with Crippen molar-refractivity contribution in [1.82, 2.24) is 0 Å². The van der Waals surface area contributed by atoms with E-state index in [0.717, 1.165) is 5.39 Å². The Bertz CT molecular complexity index is 746. The maximum absolute atomic E-state index is 9.02. The SMILES string of the molecule is N#Cc1c(N)oc2ccc3oc(N)cc3c12. The van der Waals surface area contributed by atoms with Crippen LogP contribution in [0.15, 0.2) is 27.0 Å². The molecule has 16 heavy (non-hydrogen) atoms. The van der Waals surface area contributed by atoms with Crippen LogP contribution in [0.25, 0.3) is 21.9 Å². The van der Waals surface area contributed by atoms with Gasteiger partial charge in [-0.3, -0.25) is 0 Å². The summed E-state index contributed by atoms with van der Waals surface area (Å²) in [4.78, 5) is 0. The molecule has 0 saturated carbocycles. The van der Waals surface area contributed by atoms with Crippen LogP contribution in [0, 0.1) is 11.3 Å². The van der Waals surface area contributed by atoms with Crippen molar-refractivity contribution in [3.8, 4) is 6.07 Å². The third-order valence-corrected chi connectivity index (χ3v) is 2.51. The van der Waals surface area contributed by atoms with Gasteiger partial charge >= 0.3 is 0 Å². The normalized spacial score (nSPS) is 10.9. The van der Waals surface area contributed by atoms with Gasteiger partial charge in [0.1, 0.15) is 22.8 Å². The van der Waals surface area contributed by atoms with Gasteiger partial charge in [0.25, 0.3) is 0 Å². The minimum absolute atomic E-state index is 0.116. The second-order valence-corrected chi connectivity index (χ2v) is 3.45. The number of nitrogens with two attached hydrogens (primary N) is 2. The van der Waals surface area contributed by atoms with Crippen molar-refractivity contribution < 1.29 is 8.83 Å². The number of nitrogens with zero attached hydrogens (tertiary/aromatic N) is 1. The minimum atomic E-state index is 0.116. The Morgan fingerprint density at radius 1 is 1.12 bits per heavy atom. The fraction of sp³-hybridized carbons (Fsp3) is 0. The number of fused-ring (bicyclic) bond motifs is 3. The Morgan fingerprint density at radius 2 is 1.88 bits per heavy atom. The molecule has 1 aromatic carbocycles. The summed E-state index contributed by atoms with van der Waals surface area (Å²) in [6, 6.07) is 7.12. The highest BCUT2D eigenvalue weighted by atomic mass is 16.4. The van der Waals surface area contributed by atoms with Crippen LogP contribution in [0.2, 0.25) is 0 Å². The van der Waals surface area contributed by atoms with Gasteiger partial charge in [0, 0.05) is 11.5 Å². The van der Waals surface area contributed by atoms with Crippen LogP contribution in [0.3, 0.4) is 0 Å². The number of nitrogen functional groups attached to an aromatic ring is 2. The fourth-order valence-electron chi connectivity index (χ4n) is 1.86. The molecule has 5 nitrogen and oxygen atoms in total. The topological polar surface area (TPSA) is 102 Å². The van der Waals surface area contributed by atoms with Crippen LogP contribution in [0.5, 0.6) is 0 Å². The first-order valence-corrected chi connectivity index (χ1v) is 4.61. The second-order valence-electron chi connectivity index (χ2n) is 3.45. The number of hydrogen-bond acceptors (Lipinski definition) is 5. The van der Waals surface area contributed by atoms with Gasteiger partial charge in [-0.25, -0.2) is 0 Å². The number of rotatable bonds is 0. The first kappa shape index (κ1) is 8.68. The Balaban J connectivity index is 2.63. The average Bonchev–Trinajstić information content (AvgIpc) is 2.75. The molecule has 0 aliphatic rings. The Morgan fingerprint density at radius 3 is 2.62 bits per heavy atom. The van der Waals surface area contributed by atoms with Gasteiger partial charge < -0.3 is 20.3 Å². The van der Waals surface area contributed by atoms with Crippen molar-refractivity contribution in [3.63, 3.8) is 0 Å². The number of hydrogen-bond donors (Lipinski definition) is 2. The average molecular weight is 213 g/mol. The molecule has 0 spiro atoms. The molecule has 0 amide bonds. The molecular formula is C11H7N3O2. The molecular weight excluding hydrogens is 206 g/mol. The van der Waals surface area contributed by atoms with Crippen molar-refractivity contribution in [2.75, 3.05) is 11.5 Å². The van der Waals surface area contributed by atoms with Crippen LogP contribution in [-0.4, -0.2) is 0 Å². The van der Waals surface area contributed by atoms with Crippen molar-refractivity contribution >= 4 is 33.7 Å². The lowest BCUT2D eigenvalue weighted by atomic mass is 10.1. The lowest BCUT2D eigenvalue weighted by molar-refractivity contribution is 0.631. The van der Waals surface area contributed by atoms with Gasteiger partial charge in [-0.05, 0) is 12.1 Å². The molecule has 0 saturated heterocycles. The molecule has 0 radical (unpaired) electrons. The third kappa shape index (κ3) is 0.929. The Kier molecular flexibility index (Phi) is 1.47. The van der Waals surface area contributed by atoms with E-state index in [-0.39, 0.29) is 5.88 Å². The number of furan rings is 2. The zero-order chi connectivity index (χ0) is 11.3. The molecule has 3 rings (SSSR count). The molecule has 2 heterocycles. The Labute approximate surface area is 89.8 Å². The van der Waals surface area contributed by atoms with Gasteiger partial charge in [-0.15, -0.1) is 0 Å². The number of anilines is 2. The van der Waals surface area contributed by atoms with E-state index in [1.54, 1.807) is 18.2 Å². The summed E-state index contributed by atoms with van der Waals surface area (Å²) >= 11 is 0. The van der Waals surface area contributed by atoms with Crippen LogP contribution in [0.1, 0.15) is 5.56 Å². The molecule has 78 valence electrons. The predicted octanol–water partition coefficient (Wildman–Crippen LogP) is 2.22. The number of nitriles is 1. The van der Waals surface area contributed by atoms with E-state index >= 15 is 0 Å². The molecule has 0 bridgehead atoms. The predicted molar refractivity (Wildman–Crippen MR) is 59.5 cm³/mol. The lowest BCUT2D eigenvalue weighted by Crippen LogP contribution is -1.83. The molecule has 0 aliphatic carbocycles. The van der Waals surface area contributed by atoms with Crippen LogP contribution >= 0.6 is 0 Å². The van der Waals surface area contributed by atoms with Crippen LogP contribution < -0.4 is 11.5 Å². The molecule has 2 aromatic heterocycles. The summed E-state index contributed by atoms with van der Waals surface area (Å²) in [6.45, 7) is 0. The van der Waals surface area contributed by atoms with E-state index < -0.39 is 0 Å². The molecule has 0 unspecified atom stereocenters. The van der Waals surface area contributed by atoms with E-state index in [1.165, 1.54) is 0 Å². The zero-order valence-electron chi connectivity index (χ0n) is 8.15. The molecule has 4 N–H and O–H groups in total. The van der Waals surface area contributed by atoms with Gasteiger partial charge in [0.15, 0.2) is 5.88 Å². The summed E-state index contributed by atoms with van der Waals surface area (Å²) < 4.78 is 10.6. The lowest BCUT2D eigenvalue weighted by Gasteiger charge is -1.89. The van der Waals surface area contributed by atoms with E-state index in [2.05, 4.69) is 0 Å². The Hall–Kier alpha value is -2.61. The highest BCUT2D eigenvalue weighted by molar-refractivity contribution is 6.09. The van der Waals surface area contributed by atoms with Gasteiger partial charge in [0.2, 0.25) is 5.88 Å². The van der Waals surface area contributed by atoms with Crippen molar-refractivity contribution in [2.24, 2.45) is 0 Å². The van der Waals surface area contributed by atoms with Gasteiger partial charge in [0.05, 0.1) is 5.39 Å². The molecule has 0 aliphatic heterocycles. The first-order chi connectivity index (χ1) is 7.70. The summed E-state index contributed by atoms with van der Waals surface area (Å²) in [5.41, 5.74) is 12.7. The third-order valence-electron chi connectivity index (χ3n) is 2.51. The smallest absolute Gasteiger partial charge is 0.209 e. The molecule has 0 atom stereocenters. The summed E-state index contributed by atoms with van der Waals surface area (Å²) in [5, 5.41) is 10.4. The van der Waals surface area contributed by atoms with Crippen molar-refractivity contribution in [3.05, 3.63) is 23.8 Å². The maximum atomic E-state index is 9.02. The zero-order valence-corrected chi connectivity index (χ0v) is 8.15. The van der Waals surface area contributed by atoms with Crippen LogP contribution in [0.4, 0.5) is 11.8 Å². The summed E-state index contributed by atoms with van der Waals surface area (Å²) in [7, 11) is 0. The molecule has 3 aromatic rings. The summed E-state index contributed by atoms with van der Waals surface area (Å²) in [5.74, 6) is 0.413. The van der Waals surface area contributed by atoms with E-state index in [1.807, 2.05) is 6.07 Å². The van der Waals surface area contributed by atoms with E-state index in [9.17, 15) is 0 Å². The largest absolute Gasteiger partial charge is 0.441 e.